The fraction of sp³-hybridized carbons (Fsp3) is 0.667. The minimum atomic E-state index is -0.0463. The highest BCUT2D eigenvalue weighted by molar-refractivity contribution is 5.85. The van der Waals surface area contributed by atoms with Gasteiger partial charge in [0.25, 0.3) is 0 Å². The van der Waals surface area contributed by atoms with Crippen molar-refractivity contribution in [1.29, 1.82) is 0 Å². The van der Waals surface area contributed by atoms with Gasteiger partial charge in [-0.15, -0.1) is 24.8 Å². The van der Waals surface area contributed by atoms with Crippen LogP contribution < -0.4 is 10.6 Å². The van der Waals surface area contributed by atoms with E-state index in [9.17, 15) is 4.79 Å². The second kappa shape index (κ2) is 5.00. The molecule has 0 aromatic heterocycles. The average Bonchev–Trinajstić information content (AvgIpc) is 1.86. The highest BCUT2D eigenvalue weighted by Gasteiger charge is 2.02. The van der Waals surface area contributed by atoms with E-state index in [0.717, 1.165) is 13.1 Å². The molecule has 0 saturated carbocycles. The summed E-state index contributed by atoms with van der Waals surface area (Å²) in [4.78, 5) is 10.0. The Bertz CT molecular complexity index is 69.7. The Hall–Kier alpha value is -0.150. The van der Waals surface area contributed by atoms with Crippen LogP contribution in [-0.4, -0.2) is 19.1 Å². The smallest absolute Gasteiger partial charge is 0.314 e. The van der Waals surface area contributed by atoms with E-state index in [-0.39, 0.29) is 30.8 Å². The van der Waals surface area contributed by atoms with Crippen LogP contribution in [0.25, 0.3) is 0 Å². The highest BCUT2D eigenvalue weighted by Crippen LogP contribution is 1.69. The Morgan fingerprint density at radius 3 is 1.62 bits per heavy atom. The summed E-state index contributed by atoms with van der Waals surface area (Å²) in [6.45, 7) is 1.55. The molecule has 0 spiro atoms. The maximum absolute atomic E-state index is 10.0. The zero-order chi connectivity index (χ0) is 4.41. The first kappa shape index (κ1) is 10.8. The molecule has 0 aromatic carbocycles. The van der Waals surface area contributed by atoms with Crippen molar-refractivity contribution in [1.82, 2.24) is 10.6 Å². The molecule has 2 N–H and O–H groups in total. The molecular formula is C3H8Cl2N2O. The van der Waals surface area contributed by atoms with Gasteiger partial charge in [-0.1, -0.05) is 0 Å². The molecular weight excluding hydrogens is 151 g/mol. The van der Waals surface area contributed by atoms with Gasteiger partial charge in [0, 0.05) is 13.1 Å². The number of hydrogen-bond acceptors (Lipinski definition) is 1. The van der Waals surface area contributed by atoms with E-state index in [1.165, 1.54) is 0 Å². The van der Waals surface area contributed by atoms with Gasteiger partial charge in [-0.3, -0.25) is 0 Å². The van der Waals surface area contributed by atoms with Crippen molar-refractivity contribution in [3.05, 3.63) is 0 Å². The predicted octanol–water partition coefficient (Wildman–Crippen LogP) is 0.143. The molecule has 1 heterocycles. The summed E-state index contributed by atoms with van der Waals surface area (Å²) >= 11 is 0. The lowest BCUT2D eigenvalue weighted by Gasteiger charge is -1.80. The van der Waals surface area contributed by atoms with E-state index >= 15 is 0 Å². The summed E-state index contributed by atoms with van der Waals surface area (Å²) in [6.07, 6.45) is 0. The van der Waals surface area contributed by atoms with Crippen LogP contribution in [0, 0.1) is 0 Å². The van der Waals surface area contributed by atoms with Gasteiger partial charge < -0.3 is 10.6 Å². The molecule has 8 heavy (non-hydrogen) atoms. The van der Waals surface area contributed by atoms with E-state index < -0.39 is 0 Å². The van der Waals surface area contributed by atoms with Gasteiger partial charge in [-0.05, 0) is 0 Å². The first-order valence-electron chi connectivity index (χ1n) is 1.91. The molecule has 1 rings (SSSR count). The monoisotopic (exact) mass is 158 g/mol. The quantitative estimate of drug-likeness (QED) is 0.518. The van der Waals surface area contributed by atoms with Gasteiger partial charge in [0.05, 0.1) is 0 Å². The van der Waals surface area contributed by atoms with Gasteiger partial charge in [0.15, 0.2) is 0 Å². The number of rotatable bonds is 0. The number of urea groups is 1. The topological polar surface area (TPSA) is 41.1 Å². The third-order valence-corrected chi connectivity index (χ3v) is 0.696. The molecule has 5 heteroatoms. The zero-order valence-electron chi connectivity index (χ0n) is 4.14. The Balaban J connectivity index is 0. The predicted molar refractivity (Wildman–Crippen MR) is 35.9 cm³/mol. The Morgan fingerprint density at radius 1 is 1.12 bits per heavy atom. The summed E-state index contributed by atoms with van der Waals surface area (Å²) < 4.78 is 0. The van der Waals surface area contributed by atoms with Crippen LogP contribution in [0.15, 0.2) is 0 Å². The van der Waals surface area contributed by atoms with Crippen LogP contribution in [-0.2, 0) is 0 Å². The van der Waals surface area contributed by atoms with Gasteiger partial charge in [0.1, 0.15) is 0 Å². The van der Waals surface area contributed by atoms with Crippen LogP contribution in [0.5, 0.6) is 0 Å². The van der Waals surface area contributed by atoms with Gasteiger partial charge in [0.2, 0.25) is 0 Å². The van der Waals surface area contributed by atoms with Crippen molar-refractivity contribution in [3.63, 3.8) is 0 Å². The van der Waals surface area contributed by atoms with E-state index in [2.05, 4.69) is 10.6 Å². The first-order valence-corrected chi connectivity index (χ1v) is 1.91. The molecule has 2 amide bonds. The van der Waals surface area contributed by atoms with Crippen LogP contribution in [0.3, 0.4) is 0 Å². The van der Waals surface area contributed by atoms with Crippen LogP contribution in [0.1, 0.15) is 0 Å². The lowest BCUT2D eigenvalue weighted by molar-refractivity contribution is 0.248. The van der Waals surface area contributed by atoms with Gasteiger partial charge >= 0.3 is 6.03 Å². The fourth-order valence-electron chi connectivity index (χ4n) is 0.415. The third kappa shape index (κ3) is 2.93. The summed E-state index contributed by atoms with van der Waals surface area (Å²) in [6, 6.07) is -0.0463. The fourth-order valence-corrected chi connectivity index (χ4v) is 0.415. The van der Waals surface area contributed by atoms with E-state index in [4.69, 9.17) is 0 Å². The minimum Gasteiger partial charge on any atom is -0.336 e. The maximum atomic E-state index is 10.0. The number of carbonyl (C=O) groups is 1. The highest BCUT2D eigenvalue weighted by atomic mass is 35.5. The third-order valence-electron chi connectivity index (χ3n) is 0.696. The minimum absolute atomic E-state index is 0. The van der Waals surface area contributed by atoms with Crippen molar-refractivity contribution in [2.75, 3.05) is 13.1 Å². The maximum Gasteiger partial charge on any atom is 0.314 e. The molecule has 1 saturated heterocycles. The molecule has 0 aliphatic carbocycles. The number of nitrogens with one attached hydrogen (secondary N) is 2. The molecule has 1 aliphatic rings. The van der Waals surface area contributed by atoms with Crippen LogP contribution in [0.4, 0.5) is 4.79 Å². The largest absolute Gasteiger partial charge is 0.336 e. The molecule has 0 atom stereocenters. The zero-order valence-corrected chi connectivity index (χ0v) is 5.77. The van der Waals surface area contributed by atoms with Crippen molar-refractivity contribution in [2.45, 2.75) is 0 Å². The van der Waals surface area contributed by atoms with E-state index in [0.29, 0.717) is 0 Å². The molecule has 50 valence electrons. The van der Waals surface area contributed by atoms with Crippen molar-refractivity contribution < 1.29 is 4.79 Å². The lowest BCUT2D eigenvalue weighted by atomic mass is 10.7. The van der Waals surface area contributed by atoms with Crippen molar-refractivity contribution >= 4 is 30.8 Å². The summed E-state index contributed by atoms with van der Waals surface area (Å²) in [5.41, 5.74) is 0. The normalized spacial score (nSPS) is 14.8. The lowest BCUT2D eigenvalue weighted by Crippen LogP contribution is -2.20. The Morgan fingerprint density at radius 2 is 1.50 bits per heavy atom. The summed E-state index contributed by atoms with van der Waals surface area (Å²) in [5.74, 6) is 0. The van der Waals surface area contributed by atoms with Crippen molar-refractivity contribution in [2.24, 2.45) is 0 Å². The molecule has 0 bridgehead atoms. The van der Waals surface area contributed by atoms with Crippen molar-refractivity contribution in [3.8, 4) is 0 Å². The Kier molecular flexibility index (Phi) is 6.72. The molecule has 0 aromatic rings. The number of halogens is 2. The number of amides is 2. The summed E-state index contributed by atoms with van der Waals surface area (Å²) in [5, 5.41) is 5.14. The SMILES string of the molecule is Cl.Cl.O=C1NCCN1. The number of hydrogen-bond donors (Lipinski definition) is 2. The van der Waals surface area contributed by atoms with Crippen LogP contribution >= 0.6 is 24.8 Å². The standard InChI is InChI=1S/C3H6N2O.2ClH/c6-3-4-1-2-5-3;;/h1-2H2,(H2,4,5,6);2*1H. The van der Waals surface area contributed by atoms with Gasteiger partial charge in [-0.2, -0.15) is 0 Å². The molecule has 0 unspecified atom stereocenters. The van der Waals surface area contributed by atoms with Crippen LogP contribution in [0.2, 0.25) is 0 Å². The molecule has 0 radical (unpaired) electrons. The average molecular weight is 159 g/mol. The van der Waals surface area contributed by atoms with Gasteiger partial charge in [-0.25, -0.2) is 4.79 Å². The Labute approximate surface area is 60.0 Å². The second-order valence-electron chi connectivity index (χ2n) is 1.18. The number of carbonyl (C=O) groups excluding carboxylic acids is 1. The second-order valence-corrected chi connectivity index (χ2v) is 1.18. The van der Waals surface area contributed by atoms with E-state index in [1.54, 1.807) is 0 Å². The first-order chi connectivity index (χ1) is 2.89. The molecule has 1 aliphatic heterocycles. The molecule has 3 nitrogen and oxygen atoms in total. The van der Waals surface area contributed by atoms with E-state index in [1.807, 2.05) is 0 Å². The summed E-state index contributed by atoms with van der Waals surface area (Å²) in [7, 11) is 0. The molecule has 1 fully saturated rings.